The Balaban J connectivity index is 1.61. The average Bonchev–Trinajstić information content (AvgIpc) is 2.90. The van der Waals surface area contributed by atoms with Crippen LogP contribution in [0.2, 0.25) is 0 Å². The van der Waals surface area contributed by atoms with Crippen LogP contribution >= 0.6 is 11.8 Å². The summed E-state index contributed by atoms with van der Waals surface area (Å²) in [5, 5.41) is 24.3. The lowest BCUT2D eigenvalue weighted by atomic mass is 10.0. The summed E-state index contributed by atoms with van der Waals surface area (Å²) in [4.78, 5) is 23.4. The largest absolute Gasteiger partial charge is 0.396 e. The summed E-state index contributed by atoms with van der Waals surface area (Å²) < 4.78 is 12.6. The van der Waals surface area contributed by atoms with Gasteiger partial charge in [-0.1, -0.05) is 42.8 Å². The standard InChI is InChI=1S/C28H38N2O6S/c1-20(33)29-13-4-2-3-8-27(34)30-24-7-5-6-23(16-24)28-35-25(19-37-15-14-31)17-26(36-28)22-11-9-21(18-32)10-12-22/h5-7,9-12,16,25-26,28,31-32H,2-4,8,13-15,17-19H2,1H3,(H,29,33)(H,30,34). The average molecular weight is 531 g/mol. The minimum absolute atomic E-state index is 0.00640. The van der Waals surface area contributed by atoms with Crippen LogP contribution in [-0.2, 0) is 25.7 Å². The van der Waals surface area contributed by atoms with Gasteiger partial charge in [0.25, 0.3) is 0 Å². The highest BCUT2D eigenvalue weighted by atomic mass is 32.2. The summed E-state index contributed by atoms with van der Waals surface area (Å²) in [6.07, 6.45) is 2.73. The summed E-state index contributed by atoms with van der Waals surface area (Å²) in [6.45, 7) is 2.25. The van der Waals surface area contributed by atoms with Gasteiger partial charge in [0.15, 0.2) is 6.29 Å². The molecule has 3 atom stereocenters. The first-order valence-corrected chi connectivity index (χ1v) is 14.0. The second-order valence-electron chi connectivity index (χ2n) is 9.12. The topological polar surface area (TPSA) is 117 Å². The third-order valence-corrected chi connectivity index (χ3v) is 7.13. The number of rotatable bonds is 14. The van der Waals surface area contributed by atoms with Crippen molar-refractivity contribution in [1.29, 1.82) is 0 Å². The van der Waals surface area contributed by atoms with Crippen LogP contribution in [0.15, 0.2) is 48.5 Å². The minimum Gasteiger partial charge on any atom is -0.396 e. The number of ether oxygens (including phenoxy) is 2. The fraction of sp³-hybridized carbons (Fsp3) is 0.500. The number of unbranched alkanes of at least 4 members (excludes halogenated alkanes) is 2. The number of aliphatic hydroxyl groups is 2. The van der Waals surface area contributed by atoms with E-state index in [0.717, 1.165) is 41.7 Å². The highest BCUT2D eigenvalue weighted by molar-refractivity contribution is 7.99. The number of carbonyl (C=O) groups is 2. The quantitative estimate of drug-likeness (QED) is 0.272. The number of hydrogen-bond acceptors (Lipinski definition) is 7. The number of carbonyl (C=O) groups excluding carboxylic acids is 2. The second kappa shape index (κ2) is 15.7. The zero-order valence-corrected chi connectivity index (χ0v) is 22.2. The van der Waals surface area contributed by atoms with E-state index in [1.165, 1.54) is 6.92 Å². The van der Waals surface area contributed by atoms with Gasteiger partial charge in [-0.15, -0.1) is 0 Å². The van der Waals surface area contributed by atoms with Crippen LogP contribution in [0.25, 0.3) is 0 Å². The van der Waals surface area contributed by atoms with Crippen LogP contribution in [0.1, 0.15) is 68.1 Å². The first-order chi connectivity index (χ1) is 18.0. The van der Waals surface area contributed by atoms with Crippen molar-refractivity contribution in [2.45, 2.75) is 64.1 Å². The van der Waals surface area contributed by atoms with E-state index >= 15 is 0 Å². The van der Waals surface area contributed by atoms with Crippen molar-refractivity contribution in [3.8, 4) is 0 Å². The summed E-state index contributed by atoms with van der Waals surface area (Å²) in [5.41, 5.74) is 3.37. The fourth-order valence-corrected chi connectivity index (χ4v) is 4.91. The molecule has 8 nitrogen and oxygen atoms in total. The van der Waals surface area contributed by atoms with Crippen molar-refractivity contribution in [2.75, 3.05) is 30.0 Å². The molecule has 3 rings (SSSR count). The summed E-state index contributed by atoms with van der Waals surface area (Å²) in [7, 11) is 0. The molecule has 1 aliphatic heterocycles. The van der Waals surface area contributed by atoms with Gasteiger partial charge in [-0.05, 0) is 36.1 Å². The van der Waals surface area contributed by atoms with E-state index in [-0.39, 0.29) is 37.2 Å². The highest BCUT2D eigenvalue weighted by Gasteiger charge is 2.32. The molecule has 1 fully saturated rings. The van der Waals surface area contributed by atoms with Crippen LogP contribution < -0.4 is 10.6 Å². The van der Waals surface area contributed by atoms with Crippen LogP contribution in [0.5, 0.6) is 0 Å². The van der Waals surface area contributed by atoms with E-state index in [1.54, 1.807) is 11.8 Å². The number of thioether (sulfide) groups is 1. The Kier molecular flexibility index (Phi) is 12.4. The molecule has 37 heavy (non-hydrogen) atoms. The Morgan fingerprint density at radius 1 is 1.03 bits per heavy atom. The van der Waals surface area contributed by atoms with Crippen LogP contribution in [0, 0.1) is 0 Å². The van der Waals surface area contributed by atoms with Crippen molar-refractivity contribution < 1.29 is 29.3 Å². The van der Waals surface area contributed by atoms with E-state index in [1.807, 2.05) is 48.5 Å². The monoisotopic (exact) mass is 530 g/mol. The molecule has 2 aromatic rings. The van der Waals surface area contributed by atoms with Crippen molar-refractivity contribution in [3.05, 3.63) is 65.2 Å². The molecule has 9 heteroatoms. The van der Waals surface area contributed by atoms with E-state index in [2.05, 4.69) is 10.6 Å². The number of nitrogens with one attached hydrogen (secondary N) is 2. The van der Waals surface area contributed by atoms with Gasteiger partial charge in [0.2, 0.25) is 11.8 Å². The summed E-state index contributed by atoms with van der Waals surface area (Å²) in [5.74, 6) is 1.30. The maximum atomic E-state index is 12.4. The lowest BCUT2D eigenvalue weighted by molar-refractivity contribution is -0.245. The predicted octanol–water partition coefficient (Wildman–Crippen LogP) is 4.08. The van der Waals surface area contributed by atoms with Gasteiger partial charge < -0.3 is 30.3 Å². The van der Waals surface area contributed by atoms with E-state index < -0.39 is 6.29 Å². The fourth-order valence-electron chi connectivity index (χ4n) is 4.14. The molecule has 2 aromatic carbocycles. The lowest BCUT2D eigenvalue weighted by Gasteiger charge is -2.36. The predicted molar refractivity (Wildman–Crippen MR) is 145 cm³/mol. The zero-order chi connectivity index (χ0) is 26.5. The van der Waals surface area contributed by atoms with Crippen LogP contribution in [0.3, 0.4) is 0 Å². The maximum Gasteiger partial charge on any atom is 0.224 e. The molecule has 1 heterocycles. The molecule has 3 unspecified atom stereocenters. The Morgan fingerprint density at radius 3 is 2.57 bits per heavy atom. The van der Waals surface area contributed by atoms with Gasteiger partial charge in [0, 0.05) is 49.1 Å². The van der Waals surface area contributed by atoms with E-state index in [0.29, 0.717) is 30.8 Å². The first-order valence-electron chi connectivity index (χ1n) is 12.8. The van der Waals surface area contributed by atoms with Crippen LogP contribution in [-0.4, -0.2) is 52.8 Å². The molecule has 0 saturated carbocycles. The molecule has 1 aliphatic rings. The molecule has 0 aromatic heterocycles. The van der Waals surface area contributed by atoms with E-state index in [9.17, 15) is 14.7 Å². The maximum absolute atomic E-state index is 12.4. The van der Waals surface area contributed by atoms with Crippen molar-refractivity contribution in [1.82, 2.24) is 5.32 Å². The first kappa shape index (κ1) is 29.1. The molecule has 202 valence electrons. The van der Waals surface area contributed by atoms with Gasteiger partial charge in [-0.2, -0.15) is 11.8 Å². The number of amides is 2. The van der Waals surface area contributed by atoms with Gasteiger partial charge in [0.05, 0.1) is 25.4 Å². The smallest absolute Gasteiger partial charge is 0.224 e. The molecular weight excluding hydrogens is 492 g/mol. The molecule has 0 spiro atoms. The van der Waals surface area contributed by atoms with Gasteiger partial charge in [0.1, 0.15) is 0 Å². The van der Waals surface area contributed by atoms with Crippen molar-refractivity contribution in [3.63, 3.8) is 0 Å². The molecule has 0 aliphatic carbocycles. The second-order valence-corrected chi connectivity index (χ2v) is 10.3. The minimum atomic E-state index is -0.596. The van der Waals surface area contributed by atoms with Crippen molar-refractivity contribution >= 4 is 29.3 Å². The molecule has 4 N–H and O–H groups in total. The SMILES string of the molecule is CC(=O)NCCCCCC(=O)Nc1cccc(C2OC(CSCCO)CC(c3ccc(CO)cc3)O2)c1. The highest BCUT2D eigenvalue weighted by Crippen LogP contribution is 2.39. The van der Waals surface area contributed by atoms with E-state index in [4.69, 9.17) is 14.6 Å². The normalized spacial score (nSPS) is 19.4. The van der Waals surface area contributed by atoms with Gasteiger partial charge in [-0.25, -0.2) is 0 Å². The molecule has 0 radical (unpaired) electrons. The summed E-state index contributed by atoms with van der Waals surface area (Å²) in [6, 6.07) is 15.3. The van der Waals surface area contributed by atoms with Gasteiger partial charge in [-0.3, -0.25) is 9.59 Å². The Morgan fingerprint density at radius 2 is 1.84 bits per heavy atom. The third-order valence-electron chi connectivity index (χ3n) is 6.05. The molecule has 0 bridgehead atoms. The third kappa shape index (κ3) is 10.1. The van der Waals surface area contributed by atoms with Gasteiger partial charge >= 0.3 is 0 Å². The Hall–Kier alpha value is -2.43. The Labute approximate surface area is 223 Å². The lowest BCUT2D eigenvalue weighted by Crippen LogP contribution is -2.31. The molecule has 2 amide bonds. The number of aliphatic hydroxyl groups excluding tert-OH is 2. The number of benzene rings is 2. The molecular formula is C28H38N2O6S. The number of anilines is 1. The summed E-state index contributed by atoms with van der Waals surface area (Å²) >= 11 is 1.64. The number of hydrogen-bond donors (Lipinski definition) is 4. The zero-order valence-electron chi connectivity index (χ0n) is 21.4. The Bertz CT molecular complexity index is 987. The molecule has 1 saturated heterocycles. The van der Waals surface area contributed by atoms with Crippen molar-refractivity contribution in [2.24, 2.45) is 0 Å². The van der Waals surface area contributed by atoms with Crippen LogP contribution in [0.4, 0.5) is 5.69 Å².